The summed E-state index contributed by atoms with van der Waals surface area (Å²) in [7, 11) is 0. The van der Waals surface area contributed by atoms with Crippen LogP contribution in [-0.4, -0.2) is 42.1 Å². The molecule has 2 aromatic carbocycles. The SMILES string of the molecule is CCCCCCC1=c2ccc([nH]2)=C(c2ccc(C(=O)O)cc2)c2ccc([nH]2)C(CCCCCC)=c2ccc([nH]2)=C(c2ccc(C(=O)O)cc2)c2ccc1[nH]2. The van der Waals surface area contributed by atoms with Crippen LogP contribution < -0.4 is 21.4 Å². The van der Waals surface area contributed by atoms with Crippen LogP contribution in [0.1, 0.15) is 133 Å². The number of H-pyrrole nitrogens is 4. The smallest absolute Gasteiger partial charge is 0.335 e. The van der Waals surface area contributed by atoms with Crippen molar-refractivity contribution in [1.29, 1.82) is 0 Å². The molecule has 0 spiro atoms. The van der Waals surface area contributed by atoms with Gasteiger partial charge >= 0.3 is 11.9 Å². The molecule has 0 unspecified atom stereocenters. The average molecular weight is 721 g/mol. The van der Waals surface area contributed by atoms with Gasteiger partial charge in [-0.2, -0.15) is 0 Å². The van der Waals surface area contributed by atoms with Gasteiger partial charge in [0.05, 0.1) is 11.1 Å². The summed E-state index contributed by atoms with van der Waals surface area (Å²) in [4.78, 5) is 38.7. The molecule has 4 aromatic heterocycles. The quantitative estimate of drug-likeness (QED) is 0.0648. The van der Waals surface area contributed by atoms with Gasteiger partial charge in [-0.25, -0.2) is 9.59 Å². The van der Waals surface area contributed by atoms with Crippen LogP contribution in [0.2, 0.25) is 0 Å². The predicted octanol–water partition coefficient (Wildman–Crippen LogP) is 7.54. The van der Waals surface area contributed by atoms with Gasteiger partial charge in [-0.3, -0.25) is 0 Å². The molecule has 0 saturated carbocycles. The van der Waals surface area contributed by atoms with E-state index >= 15 is 0 Å². The Labute approximate surface area is 314 Å². The third kappa shape index (κ3) is 7.69. The Morgan fingerprint density at radius 3 is 1.17 bits per heavy atom. The number of aromatic nitrogens is 4. The molecular weight excluding hydrogens is 673 g/mol. The molecule has 0 aliphatic carbocycles. The van der Waals surface area contributed by atoms with Crippen molar-refractivity contribution >= 4 is 34.2 Å². The van der Waals surface area contributed by atoms with Gasteiger partial charge < -0.3 is 30.1 Å². The van der Waals surface area contributed by atoms with Crippen LogP contribution in [0.15, 0.2) is 97.1 Å². The molecule has 1 aliphatic heterocycles. The van der Waals surface area contributed by atoms with E-state index in [1.54, 1.807) is 24.3 Å². The lowest BCUT2D eigenvalue weighted by Gasteiger charge is -2.10. The Morgan fingerprint density at radius 2 is 0.796 bits per heavy atom. The Bertz CT molecular complexity index is 2350. The summed E-state index contributed by atoms with van der Waals surface area (Å²) in [6.45, 7) is 4.44. The van der Waals surface area contributed by atoms with Crippen molar-refractivity contribution in [2.75, 3.05) is 0 Å². The normalized spacial score (nSPS) is 12.8. The lowest BCUT2D eigenvalue weighted by atomic mass is 10.0. The van der Waals surface area contributed by atoms with Crippen LogP contribution in [0.5, 0.6) is 0 Å². The summed E-state index contributed by atoms with van der Waals surface area (Å²) in [5.41, 5.74) is 10.5. The number of nitrogens with one attached hydrogen (secondary N) is 4. The predicted molar refractivity (Wildman–Crippen MR) is 214 cm³/mol. The summed E-state index contributed by atoms with van der Waals surface area (Å²) >= 11 is 0. The number of carboxylic acids is 2. The lowest BCUT2D eigenvalue weighted by molar-refractivity contribution is 0.0686. The van der Waals surface area contributed by atoms with Crippen LogP contribution in [0.4, 0.5) is 0 Å². The van der Waals surface area contributed by atoms with E-state index in [0.717, 1.165) is 118 Å². The number of aromatic amines is 4. The highest BCUT2D eigenvalue weighted by atomic mass is 16.4. The van der Waals surface area contributed by atoms with Gasteiger partial charge in [-0.05, 0) is 121 Å². The van der Waals surface area contributed by atoms with Crippen LogP contribution in [-0.2, 0) is 0 Å². The molecule has 6 aromatic rings. The first-order chi connectivity index (χ1) is 26.3. The Kier molecular flexibility index (Phi) is 11.0. The summed E-state index contributed by atoms with van der Waals surface area (Å²) in [5.74, 6) is -1.90. The maximum Gasteiger partial charge on any atom is 0.335 e. The molecule has 8 heteroatoms. The van der Waals surface area contributed by atoms with E-state index in [-0.39, 0.29) is 11.1 Å². The third-order valence-corrected chi connectivity index (χ3v) is 10.5. The Balaban J connectivity index is 1.51. The summed E-state index contributed by atoms with van der Waals surface area (Å²) < 4.78 is 0. The van der Waals surface area contributed by atoms with Crippen molar-refractivity contribution in [2.45, 2.75) is 78.1 Å². The van der Waals surface area contributed by atoms with Gasteiger partial charge in [0.2, 0.25) is 0 Å². The maximum absolute atomic E-state index is 11.8. The number of unbranched alkanes of at least 4 members (excludes halogenated alkanes) is 6. The van der Waals surface area contributed by atoms with Crippen molar-refractivity contribution in [2.24, 2.45) is 0 Å². The summed E-state index contributed by atoms with van der Waals surface area (Å²) in [6, 6.07) is 31.3. The largest absolute Gasteiger partial charge is 0.478 e. The Hall–Kier alpha value is -6.02. The minimum absolute atomic E-state index is 0.247. The van der Waals surface area contributed by atoms with Crippen LogP contribution in [0, 0.1) is 0 Å². The van der Waals surface area contributed by atoms with E-state index in [9.17, 15) is 19.8 Å². The van der Waals surface area contributed by atoms with E-state index < -0.39 is 11.9 Å². The molecule has 8 bridgehead atoms. The summed E-state index contributed by atoms with van der Waals surface area (Å²) in [6.07, 6.45) is 10.8. The first kappa shape index (κ1) is 36.3. The topological polar surface area (TPSA) is 138 Å². The van der Waals surface area contributed by atoms with E-state index in [1.807, 2.05) is 24.3 Å². The van der Waals surface area contributed by atoms with Crippen molar-refractivity contribution in [3.8, 4) is 0 Å². The zero-order valence-corrected chi connectivity index (χ0v) is 31.0. The third-order valence-electron chi connectivity index (χ3n) is 10.5. The molecule has 1 aliphatic rings. The van der Waals surface area contributed by atoms with Crippen molar-refractivity contribution < 1.29 is 19.8 Å². The number of benzene rings is 2. The molecule has 0 saturated heterocycles. The molecule has 0 amide bonds. The van der Waals surface area contributed by atoms with Gasteiger partial charge in [0, 0.05) is 55.3 Å². The molecular formula is C46H48N4O4. The highest BCUT2D eigenvalue weighted by Gasteiger charge is 2.18. The number of fused-ring (bicyclic) bond motifs is 8. The molecule has 0 radical (unpaired) electrons. The maximum atomic E-state index is 11.8. The molecule has 54 heavy (non-hydrogen) atoms. The van der Waals surface area contributed by atoms with Gasteiger partial charge in [0.15, 0.2) is 0 Å². The second kappa shape index (κ2) is 16.3. The van der Waals surface area contributed by atoms with E-state index in [0.29, 0.717) is 0 Å². The summed E-state index contributed by atoms with van der Waals surface area (Å²) in [5, 5.41) is 23.2. The van der Waals surface area contributed by atoms with Crippen LogP contribution >= 0.6 is 0 Å². The van der Waals surface area contributed by atoms with Gasteiger partial charge in [-0.15, -0.1) is 0 Å². The van der Waals surface area contributed by atoms with Crippen LogP contribution in [0.25, 0.3) is 22.3 Å². The van der Waals surface area contributed by atoms with Gasteiger partial charge in [0.1, 0.15) is 0 Å². The minimum atomic E-state index is -0.952. The molecule has 0 fully saturated rings. The van der Waals surface area contributed by atoms with E-state index in [2.05, 4.69) is 82.3 Å². The molecule has 276 valence electrons. The van der Waals surface area contributed by atoms with Crippen molar-refractivity contribution in [3.63, 3.8) is 0 Å². The monoisotopic (exact) mass is 720 g/mol. The fourth-order valence-corrected chi connectivity index (χ4v) is 7.62. The standard InChI is InChI=1S/C46H48N4O4/c1-3-5-7-9-11-33-35-21-25-39(47-35)43(29-13-17-31(18-14-29)45(51)52)41-27-23-37(49-41)34(12-10-8-6-4-2)38-24-28-42(50-38)44(40-26-22-36(33)48-40)30-15-19-32(20-16-30)46(53)54/h13-28,47-50H,3-12H2,1-2H3,(H,51,52)(H,53,54). The number of aromatic carboxylic acids is 2. The highest BCUT2D eigenvalue weighted by molar-refractivity contribution is 5.89. The van der Waals surface area contributed by atoms with E-state index in [4.69, 9.17) is 0 Å². The Morgan fingerprint density at radius 1 is 0.426 bits per heavy atom. The molecule has 0 atom stereocenters. The van der Waals surface area contributed by atoms with Gasteiger partial charge in [-0.1, -0.05) is 76.6 Å². The minimum Gasteiger partial charge on any atom is -0.478 e. The average Bonchev–Trinajstić information content (AvgIpc) is 4.02. The van der Waals surface area contributed by atoms with E-state index in [1.165, 1.54) is 24.0 Å². The molecule has 6 N–H and O–H groups in total. The number of carboxylic acid groups (broad SMARTS) is 2. The number of hydrogen-bond acceptors (Lipinski definition) is 2. The molecule has 7 rings (SSSR count). The number of rotatable bonds is 14. The highest BCUT2D eigenvalue weighted by Crippen LogP contribution is 2.27. The van der Waals surface area contributed by atoms with Crippen LogP contribution in [0.3, 0.4) is 0 Å². The molecule has 8 nitrogen and oxygen atoms in total. The number of carbonyl (C=O) groups is 2. The second-order valence-corrected chi connectivity index (χ2v) is 14.2. The number of hydrogen-bond donors (Lipinski definition) is 6. The zero-order chi connectivity index (χ0) is 37.6. The first-order valence-corrected chi connectivity index (χ1v) is 19.3. The van der Waals surface area contributed by atoms with Gasteiger partial charge in [0.25, 0.3) is 0 Å². The molecule has 5 heterocycles. The van der Waals surface area contributed by atoms with Crippen molar-refractivity contribution in [3.05, 3.63) is 163 Å². The second-order valence-electron chi connectivity index (χ2n) is 14.2. The fourth-order valence-electron chi connectivity index (χ4n) is 7.62. The van der Waals surface area contributed by atoms with Crippen molar-refractivity contribution in [1.82, 2.24) is 19.9 Å². The lowest BCUT2D eigenvalue weighted by Crippen LogP contribution is -2.18. The fraction of sp³-hybridized carbons (Fsp3) is 0.261. The first-order valence-electron chi connectivity index (χ1n) is 19.3. The zero-order valence-electron chi connectivity index (χ0n) is 31.0.